The monoisotopic (exact) mass is 682 g/mol. The third-order valence-electron chi connectivity index (χ3n) is 13.1. The summed E-state index contributed by atoms with van der Waals surface area (Å²) in [6.07, 6.45) is 7.66. The summed E-state index contributed by atoms with van der Waals surface area (Å²) < 4.78 is 18.5. The standard InChI is InChI=1S/C41H62O8/c1-23(2)28-19-30(42)26(5)12-10-11-24(3)18-31(43)37-29-17-25(4)13-14-35-40(8,49-35)16-15-34-39(7,46)22-33(48-34)36(29)27(6)20-41(37,21-32(28)44)38(45)47-9/h17,23-24,26,28-29,33-35,37,46H,10-16,18-22H2,1-9H3/t24-,26+,28-,29-,33-,34+,35-,37+,39-,40+,41+/m0/s1. The SMILES string of the molecule is COC(=O)[C@]12CC(=O)[C@H](C(C)C)CC(=O)[C@H](C)CCC[C@H](C)CC(=O)[C@H]1[C@H]1C=C(C)CC[C@@H]3O[C@]3(C)CC[C@H]3O[C@@H](C[C@]3(C)O)C1=C(C)C2. The van der Waals surface area contributed by atoms with Gasteiger partial charge >= 0.3 is 5.97 Å². The topological polar surface area (TPSA) is 120 Å². The number of carbonyl (C=O) groups is 4. The third-order valence-corrected chi connectivity index (χ3v) is 13.1. The van der Waals surface area contributed by atoms with Crippen LogP contribution in [0.5, 0.6) is 0 Å². The van der Waals surface area contributed by atoms with Crippen LogP contribution in [-0.4, -0.2) is 65.0 Å². The van der Waals surface area contributed by atoms with Gasteiger partial charge in [0.1, 0.15) is 17.3 Å². The van der Waals surface area contributed by atoms with Gasteiger partial charge in [0.2, 0.25) is 0 Å². The van der Waals surface area contributed by atoms with Gasteiger partial charge in [-0.3, -0.25) is 19.2 Å². The van der Waals surface area contributed by atoms with Crippen LogP contribution in [0.4, 0.5) is 0 Å². The van der Waals surface area contributed by atoms with E-state index in [1.165, 1.54) is 7.11 Å². The molecule has 0 aromatic carbocycles. The molecule has 1 N–H and O–H groups in total. The summed E-state index contributed by atoms with van der Waals surface area (Å²) in [4.78, 5) is 57.3. The van der Waals surface area contributed by atoms with Crippen molar-refractivity contribution in [3.63, 3.8) is 0 Å². The molecule has 0 amide bonds. The second-order valence-electron chi connectivity index (χ2n) is 17.5. The molecular weight excluding hydrogens is 620 g/mol. The van der Waals surface area contributed by atoms with Crippen molar-refractivity contribution in [3.8, 4) is 0 Å². The molecule has 274 valence electrons. The average Bonchev–Trinajstić information content (AvgIpc) is 3.56. The van der Waals surface area contributed by atoms with E-state index in [0.717, 1.165) is 55.2 Å². The summed E-state index contributed by atoms with van der Waals surface area (Å²) in [5.41, 5.74) is 0.215. The van der Waals surface area contributed by atoms with Crippen molar-refractivity contribution in [2.24, 2.45) is 40.9 Å². The van der Waals surface area contributed by atoms with Crippen molar-refractivity contribution in [1.29, 1.82) is 0 Å². The first-order valence-corrected chi connectivity index (χ1v) is 19.0. The molecule has 0 spiro atoms. The van der Waals surface area contributed by atoms with E-state index in [4.69, 9.17) is 14.2 Å². The van der Waals surface area contributed by atoms with E-state index in [9.17, 15) is 24.3 Å². The number of allylic oxidation sites excluding steroid dienone is 3. The van der Waals surface area contributed by atoms with Crippen molar-refractivity contribution in [1.82, 2.24) is 0 Å². The predicted molar refractivity (Wildman–Crippen MR) is 188 cm³/mol. The Morgan fingerprint density at radius 3 is 2.35 bits per heavy atom. The molecule has 5 rings (SSSR count). The van der Waals surface area contributed by atoms with Gasteiger partial charge < -0.3 is 19.3 Å². The minimum Gasteiger partial charge on any atom is -0.469 e. The summed E-state index contributed by atoms with van der Waals surface area (Å²) in [7, 11) is 1.34. The first-order chi connectivity index (χ1) is 22.9. The molecule has 5 aliphatic rings. The van der Waals surface area contributed by atoms with E-state index in [1.807, 2.05) is 34.6 Å². The highest BCUT2D eigenvalue weighted by atomic mass is 16.6. The van der Waals surface area contributed by atoms with Crippen molar-refractivity contribution in [2.45, 2.75) is 162 Å². The van der Waals surface area contributed by atoms with Gasteiger partial charge in [-0.25, -0.2) is 0 Å². The fourth-order valence-corrected chi connectivity index (χ4v) is 9.91. The molecule has 0 unspecified atom stereocenters. The first-order valence-electron chi connectivity index (χ1n) is 19.0. The van der Waals surface area contributed by atoms with Gasteiger partial charge in [-0.1, -0.05) is 57.8 Å². The molecule has 2 bridgehead atoms. The quantitative estimate of drug-likeness (QED) is 0.183. The number of aliphatic hydroxyl groups is 1. The Morgan fingerprint density at radius 2 is 1.67 bits per heavy atom. The zero-order valence-corrected chi connectivity index (χ0v) is 31.6. The van der Waals surface area contributed by atoms with E-state index in [-0.39, 0.29) is 72.5 Å². The van der Waals surface area contributed by atoms with E-state index >= 15 is 0 Å². The summed E-state index contributed by atoms with van der Waals surface area (Å²) in [5.74, 6) is -2.80. The largest absolute Gasteiger partial charge is 0.469 e. The van der Waals surface area contributed by atoms with Crippen molar-refractivity contribution >= 4 is 23.3 Å². The number of Topliss-reactive ketones (excluding diaryl/α,β-unsaturated/α-hetero) is 3. The van der Waals surface area contributed by atoms with E-state index in [2.05, 4.69) is 26.8 Å². The molecule has 8 nitrogen and oxygen atoms in total. The number of hydrogen-bond donors (Lipinski definition) is 1. The second kappa shape index (κ2) is 14.5. The molecule has 3 fully saturated rings. The summed E-state index contributed by atoms with van der Waals surface area (Å²) >= 11 is 0. The number of carbonyl (C=O) groups excluding carboxylic acids is 4. The van der Waals surface area contributed by atoms with Crippen molar-refractivity contribution in [3.05, 3.63) is 22.8 Å². The van der Waals surface area contributed by atoms with Crippen molar-refractivity contribution in [2.75, 3.05) is 7.11 Å². The number of fused-ring (bicyclic) bond motifs is 7. The molecule has 1 saturated carbocycles. The van der Waals surface area contributed by atoms with Gasteiger partial charge in [0, 0.05) is 49.4 Å². The molecule has 0 radical (unpaired) electrons. The van der Waals surface area contributed by atoms with Crippen LogP contribution in [0.2, 0.25) is 0 Å². The van der Waals surface area contributed by atoms with Gasteiger partial charge in [0.05, 0.1) is 42.0 Å². The lowest BCUT2D eigenvalue weighted by molar-refractivity contribution is -0.165. The minimum atomic E-state index is -1.43. The zero-order valence-electron chi connectivity index (χ0n) is 31.6. The molecule has 11 atom stereocenters. The van der Waals surface area contributed by atoms with Crippen LogP contribution in [0.25, 0.3) is 0 Å². The Balaban J connectivity index is 1.69. The number of hydrogen-bond acceptors (Lipinski definition) is 8. The fraction of sp³-hybridized carbons (Fsp3) is 0.805. The molecule has 3 aliphatic heterocycles. The van der Waals surface area contributed by atoms with Gasteiger partial charge in [0.15, 0.2) is 0 Å². The number of ketones is 3. The smallest absolute Gasteiger partial charge is 0.313 e. The highest BCUT2D eigenvalue weighted by Crippen LogP contribution is 2.56. The molecular formula is C41H62O8. The normalized spacial score (nSPS) is 42.8. The van der Waals surface area contributed by atoms with Gasteiger partial charge in [0.25, 0.3) is 0 Å². The fourth-order valence-electron chi connectivity index (χ4n) is 9.91. The van der Waals surface area contributed by atoms with Crippen LogP contribution in [0, 0.1) is 40.9 Å². The average molecular weight is 683 g/mol. The zero-order chi connectivity index (χ0) is 36.1. The number of methoxy groups -OCH3 is 1. The first kappa shape index (κ1) is 38.1. The lowest BCUT2D eigenvalue weighted by Crippen LogP contribution is -2.53. The summed E-state index contributed by atoms with van der Waals surface area (Å²) in [6.45, 7) is 16.0. The molecule has 0 aromatic rings. The highest BCUT2D eigenvalue weighted by molar-refractivity contribution is 5.96. The van der Waals surface area contributed by atoms with E-state index in [1.54, 1.807) is 0 Å². The Hall–Kier alpha value is -2.16. The predicted octanol–water partition coefficient (Wildman–Crippen LogP) is 7.29. The molecule has 0 aromatic heterocycles. The number of ether oxygens (including phenoxy) is 3. The summed E-state index contributed by atoms with van der Waals surface area (Å²) in [5, 5.41) is 11.7. The Bertz CT molecular complexity index is 1370. The van der Waals surface area contributed by atoms with E-state index < -0.39 is 46.9 Å². The van der Waals surface area contributed by atoms with Gasteiger partial charge in [-0.15, -0.1) is 0 Å². The maximum absolute atomic E-state index is 15.0. The molecule has 3 heterocycles. The lowest BCUT2D eigenvalue weighted by atomic mass is 9.54. The maximum atomic E-state index is 15.0. The lowest BCUT2D eigenvalue weighted by Gasteiger charge is -2.47. The van der Waals surface area contributed by atoms with Crippen LogP contribution in [0.3, 0.4) is 0 Å². The summed E-state index contributed by atoms with van der Waals surface area (Å²) in [6, 6.07) is 0. The minimum absolute atomic E-state index is 0.0317. The molecule has 8 heteroatoms. The Labute approximate surface area is 294 Å². The molecule has 49 heavy (non-hydrogen) atoms. The Morgan fingerprint density at radius 1 is 0.959 bits per heavy atom. The number of rotatable bonds is 2. The van der Waals surface area contributed by atoms with Crippen molar-refractivity contribution < 1.29 is 38.5 Å². The van der Waals surface area contributed by atoms with E-state index in [0.29, 0.717) is 12.8 Å². The Kier molecular flexibility index (Phi) is 11.2. The van der Waals surface area contributed by atoms with Crippen LogP contribution >= 0.6 is 0 Å². The highest BCUT2D eigenvalue weighted by Gasteiger charge is 2.60. The third kappa shape index (κ3) is 7.72. The second-order valence-corrected chi connectivity index (χ2v) is 17.5. The van der Waals surface area contributed by atoms with Crippen LogP contribution in [0.15, 0.2) is 22.8 Å². The van der Waals surface area contributed by atoms with Crippen LogP contribution < -0.4 is 0 Å². The van der Waals surface area contributed by atoms with Gasteiger partial charge in [-0.05, 0) is 83.6 Å². The van der Waals surface area contributed by atoms with Gasteiger partial charge in [-0.2, -0.15) is 0 Å². The number of esters is 1. The number of epoxide rings is 1. The maximum Gasteiger partial charge on any atom is 0.313 e. The molecule has 2 saturated heterocycles. The van der Waals surface area contributed by atoms with Crippen LogP contribution in [-0.2, 0) is 33.4 Å². The van der Waals surface area contributed by atoms with Crippen LogP contribution in [0.1, 0.15) is 132 Å². The molecule has 2 aliphatic carbocycles.